The van der Waals surface area contributed by atoms with Gasteiger partial charge in [-0.25, -0.2) is 0 Å². The van der Waals surface area contributed by atoms with E-state index in [1.165, 1.54) is 225 Å². The Kier molecular flexibility index (Phi) is 66.2. The van der Waals surface area contributed by atoms with Gasteiger partial charge in [0.05, 0.1) is 0 Å². The lowest BCUT2D eigenvalue weighted by atomic mass is 10.0. The number of hydrogen-bond donors (Lipinski definition) is 0. The number of carbonyl (C=O) groups excluding carboxylic acids is 3. The van der Waals surface area contributed by atoms with Gasteiger partial charge in [-0.2, -0.15) is 0 Å². The summed E-state index contributed by atoms with van der Waals surface area (Å²) in [6.45, 7) is 6.49. The third-order valence-corrected chi connectivity index (χ3v) is 15.4. The molecule has 0 rings (SSSR count). The van der Waals surface area contributed by atoms with Crippen LogP contribution in [0.3, 0.4) is 0 Å². The SMILES string of the molecule is CC/C=C\C/C=C\C/C=C\C/C=C\CCC(=O)OCC(COC(=O)CCCCCCCCCCCCCCCCCCCCCCCCCCCCC)OC(=O)CCCCCCCCCC/C=C\C/C=C\C/C=C\CCCCCCC. The first-order valence-electron chi connectivity index (χ1n) is 35.1. The summed E-state index contributed by atoms with van der Waals surface area (Å²) < 4.78 is 16.9. The molecular formula is C75H132O6. The summed E-state index contributed by atoms with van der Waals surface area (Å²) >= 11 is 0. The van der Waals surface area contributed by atoms with Crippen LogP contribution >= 0.6 is 0 Å². The zero-order chi connectivity index (χ0) is 58.5. The molecule has 0 radical (unpaired) electrons. The van der Waals surface area contributed by atoms with E-state index in [4.69, 9.17) is 14.2 Å². The van der Waals surface area contributed by atoms with E-state index >= 15 is 0 Å². The van der Waals surface area contributed by atoms with E-state index in [0.29, 0.717) is 19.3 Å². The Balaban J connectivity index is 4.29. The first kappa shape index (κ1) is 77.6. The van der Waals surface area contributed by atoms with Crippen LogP contribution < -0.4 is 0 Å². The molecule has 0 fully saturated rings. The molecule has 1 atom stereocenters. The zero-order valence-electron chi connectivity index (χ0n) is 53.8. The minimum Gasteiger partial charge on any atom is -0.462 e. The summed E-state index contributed by atoms with van der Waals surface area (Å²) in [6.07, 6.45) is 92.1. The van der Waals surface area contributed by atoms with Crippen LogP contribution in [0.5, 0.6) is 0 Å². The lowest BCUT2D eigenvalue weighted by Gasteiger charge is -2.18. The van der Waals surface area contributed by atoms with E-state index in [1.54, 1.807) is 0 Å². The molecule has 468 valence electrons. The average Bonchev–Trinajstić information content (AvgIpc) is 3.46. The highest BCUT2D eigenvalue weighted by molar-refractivity contribution is 5.71. The van der Waals surface area contributed by atoms with Crippen LogP contribution in [0.1, 0.15) is 355 Å². The van der Waals surface area contributed by atoms with Crippen LogP contribution in [0.2, 0.25) is 0 Å². The Morgan fingerprint density at radius 2 is 0.506 bits per heavy atom. The fourth-order valence-corrected chi connectivity index (χ4v) is 10.2. The number of carbonyl (C=O) groups is 3. The molecule has 0 aliphatic heterocycles. The minimum atomic E-state index is -0.810. The molecule has 0 heterocycles. The molecule has 6 heteroatoms. The smallest absolute Gasteiger partial charge is 0.306 e. The highest BCUT2D eigenvalue weighted by atomic mass is 16.6. The van der Waals surface area contributed by atoms with Gasteiger partial charge >= 0.3 is 17.9 Å². The third-order valence-electron chi connectivity index (χ3n) is 15.4. The fourth-order valence-electron chi connectivity index (χ4n) is 10.2. The van der Waals surface area contributed by atoms with Crippen molar-refractivity contribution >= 4 is 17.9 Å². The second-order valence-corrected chi connectivity index (χ2v) is 23.4. The monoisotopic (exact) mass is 1130 g/mol. The molecular weight excluding hydrogens is 997 g/mol. The quantitative estimate of drug-likeness (QED) is 0.0261. The maximum atomic E-state index is 12.9. The summed E-state index contributed by atoms with van der Waals surface area (Å²) in [6, 6.07) is 0. The number of allylic oxidation sites excluding steroid dienone is 14. The Bertz CT molecular complexity index is 1530. The van der Waals surface area contributed by atoms with Gasteiger partial charge in [0, 0.05) is 19.3 Å². The fraction of sp³-hybridized carbons (Fsp3) is 0.773. The molecule has 0 aromatic heterocycles. The predicted molar refractivity (Wildman–Crippen MR) is 353 cm³/mol. The van der Waals surface area contributed by atoms with Gasteiger partial charge in [0.1, 0.15) is 13.2 Å². The van der Waals surface area contributed by atoms with E-state index in [-0.39, 0.29) is 37.5 Å². The predicted octanol–water partition coefficient (Wildman–Crippen LogP) is 24.2. The second kappa shape index (κ2) is 69.1. The Morgan fingerprint density at radius 3 is 0.827 bits per heavy atom. The number of rotatable bonds is 64. The molecule has 81 heavy (non-hydrogen) atoms. The van der Waals surface area contributed by atoms with E-state index in [1.807, 2.05) is 6.08 Å². The van der Waals surface area contributed by atoms with Crippen LogP contribution in [0.15, 0.2) is 85.1 Å². The minimum absolute atomic E-state index is 0.0989. The largest absolute Gasteiger partial charge is 0.462 e. The maximum Gasteiger partial charge on any atom is 0.306 e. The van der Waals surface area contributed by atoms with Gasteiger partial charge in [0.2, 0.25) is 0 Å². The molecule has 0 spiro atoms. The summed E-state index contributed by atoms with van der Waals surface area (Å²) in [5, 5.41) is 0. The van der Waals surface area contributed by atoms with E-state index < -0.39 is 6.10 Å². The normalized spacial score (nSPS) is 12.6. The molecule has 0 N–H and O–H groups in total. The Labute approximate surface area is 503 Å². The first-order chi connectivity index (χ1) is 40.0. The van der Waals surface area contributed by atoms with Gasteiger partial charge in [-0.3, -0.25) is 14.4 Å². The van der Waals surface area contributed by atoms with Gasteiger partial charge in [-0.05, 0) is 83.5 Å². The lowest BCUT2D eigenvalue weighted by Crippen LogP contribution is -2.30. The molecule has 0 bridgehead atoms. The van der Waals surface area contributed by atoms with Crippen molar-refractivity contribution in [3.63, 3.8) is 0 Å². The van der Waals surface area contributed by atoms with Gasteiger partial charge < -0.3 is 14.2 Å². The molecule has 0 saturated heterocycles. The van der Waals surface area contributed by atoms with Crippen LogP contribution in [-0.4, -0.2) is 37.2 Å². The van der Waals surface area contributed by atoms with Crippen molar-refractivity contribution in [2.45, 2.75) is 361 Å². The highest BCUT2D eigenvalue weighted by Gasteiger charge is 2.19. The molecule has 0 saturated carbocycles. The summed E-state index contributed by atoms with van der Waals surface area (Å²) in [7, 11) is 0. The van der Waals surface area contributed by atoms with Crippen molar-refractivity contribution in [3.05, 3.63) is 85.1 Å². The topological polar surface area (TPSA) is 78.9 Å². The van der Waals surface area contributed by atoms with Crippen molar-refractivity contribution in [1.29, 1.82) is 0 Å². The van der Waals surface area contributed by atoms with Crippen LogP contribution in [0, 0.1) is 0 Å². The first-order valence-corrected chi connectivity index (χ1v) is 35.1. The zero-order valence-corrected chi connectivity index (χ0v) is 53.8. The molecule has 0 aromatic rings. The summed E-state index contributed by atoms with van der Waals surface area (Å²) in [5.41, 5.74) is 0. The van der Waals surface area contributed by atoms with Gasteiger partial charge in [-0.1, -0.05) is 337 Å². The summed E-state index contributed by atoms with van der Waals surface area (Å²) in [5.74, 6) is -0.975. The van der Waals surface area contributed by atoms with E-state index in [2.05, 4.69) is 99.8 Å². The van der Waals surface area contributed by atoms with E-state index in [9.17, 15) is 14.4 Å². The highest BCUT2D eigenvalue weighted by Crippen LogP contribution is 2.18. The number of esters is 3. The lowest BCUT2D eigenvalue weighted by molar-refractivity contribution is -0.166. The van der Waals surface area contributed by atoms with Crippen molar-refractivity contribution in [2.24, 2.45) is 0 Å². The van der Waals surface area contributed by atoms with Gasteiger partial charge in [-0.15, -0.1) is 0 Å². The molecule has 0 amide bonds. The maximum absolute atomic E-state index is 12.9. The Morgan fingerprint density at radius 1 is 0.259 bits per heavy atom. The Hall–Kier alpha value is -3.41. The van der Waals surface area contributed by atoms with Crippen molar-refractivity contribution in [1.82, 2.24) is 0 Å². The van der Waals surface area contributed by atoms with Crippen molar-refractivity contribution < 1.29 is 28.6 Å². The molecule has 1 unspecified atom stereocenters. The van der Waals surface area contributed by atoms with Gasteiger partial charge in [0.25, 0.3) is 0 Å². The average molecular weight is 1130 g/mol. The van der Waals surface area contributed by atoms with Crippen LogP contribution in [0.4, 0.5) is 0 Å². The molecule has 6 nitrogen and oxygen atoms in total. The summed E-state index contributed by atoms with van der Waals surface area (Å²) in [4.78, 5) is 38.3. The van der Waals surface area contributed by atoms with Crippen molar-refractivity contribution in [2.75, 3.05) is 13.2 Å². The van der Waals surface area contributed by atoms with Gasteiger partial charge in [0.15, 0.2) is 6.10 Å². The third kappa shape index (κ3) is 67.3. The van der Waals surface area contributed by atoms with Crippen LogP contribution in [-0.2, 0) is 28.6 Å². The van der Waals surface area contributed by atoms with Crippen molar-refractivity contribution in [3.8, 4) is 0 Å². The molecule has 0 aliphatic carbocycles. The number of hydrogen-bond acceptors (Lipinski definition) is 6. The van der Waals surface area contributed by atoms with E-state index in [0.717, 1.165) is 83.5 Å². The number of ether oxygens (including phenoxy) is 3. The second-order valence-electron chi connectivity index (χ2n) is 23.4. The molecule has 0 aromatic carbocycles. The molecule has 0 aliphatic rings. The standard InChI is InChI=1S/C75H132O6/c1-4-7-10-13-16-19-22-25-27-29-31-33-35-36-37-38-40-41-43-45-47-50-53-56-59-62-65-68-74(77)80-71-72(70-79-73(76)67-64-61-58-55-52-49-24-21-18-15-12-9-6-3)81-75(78)69-66-63-60-57-54-51-48-46-44-42-39-34-32-30-28-26-23-20-17-14-11-8-5-2/h9,12,18,21,23,26,30,32,39,42,49,52,58,61,72H,4-8,10-11,13-17,19-20,22,24-25,27-29,31,33-38,40-41,43-48,50-51,53-57,59-60,62-71H2,1-3H3/b12-9-,21-18-,26-23-,32-30-,42-39-,52-49-,61-58-. The number of unbranched alkanes of at least 4 members (excludes halogenated alkanes) is 39. The van der Waals surface area contributed by atoms with Crippen LogP contribution in [0.25, 0.3) is 0 Å².